The summed E-state index contributed by atoms with van der Waals surface area (Å²) < 4.78 is 0.688. The summed E-state index contributed by atoms with van der Waals surface area (Å²) >= 11 is 3.21. The SMILES string of the molecule is C[C@](N)(CO)c1cc(Br)ccc1[N+](=O)[O-]. The minimum atomic E-state index is -1.12. The molecule has 1 aromatic rings. The van der Waals surface area contributed by atoms with Crippen molar-refractivity contribution in [1.29, 1.82) is 0 Å². The zero-order chi connectivity index (χ0) is 11.6. The first kappa shape index (κ1) is 12.1. The number of nitro groups is 1. The van der Waals surface area contributed by atoms with Crippen LogP contribution in [-0.4, -0.2) is 16.6 Å². The molecule has 0 saturated carbocycles. The normalized spacial score (nSPS) is 14.7. The summed E-state index contributed by atoms with van der Waals surface area (Å²) in [6, 6.07) is 4.48. The standard InChI is InChI=1S/C9H11BrN2O3/c1-9(11,5-13)7-4-6(10)2-3-8(7)12(14)15/h2-4,13H,5,11H2,1H3/t9-/m0/s1. The summed E-state index contributed by atoms with van der Waals surface area (Å²) in [5.41, 5.74) is 4.87. The van der Waals surface area contributed by atoms with Gasteiger partial charge in [-0.1, -0.05) is 15.9 Å². The maximum absolute atomic E-state index is 10.7. The van der Waals surface area contributed by atoms with E-state index in [4.69, 9.17) is 10.8 Å². The predicted octanol–water partition coefficient (Wildman–Crippen LogP) is 1.52. The Morgan fingerprint density at radius 1 is 1.67 bits per heavy atom. The number of nitrogens with zero attached hydrogens (tertiary/aromatic N) is 1. The van der Waals surface area contributed by atoms with Crippen LogP contribution in [0.3, 0.4) is 0 Å². The molecule has 82 valence electrons. The Morgan fingerprint density at radius 2 is 2.27 bits per heavy atom. The molecule has 0 fully saturated rings. The van der Waals surface area contributed by atoms with Crippen molar-refractivity contribution in [2.24, 2.45) is 5.73 Å². The van der Waals surface area contributed by atoms with Crippen LogP contribution in [0.2, 0.25) is 0 Å². The van der Waals surface area contributed by atoms with Crippen molar-refractivity contribution in [3.8, 4) is 0 Å². The molecule has 0 aromatic heterocycles. The number of hydrogen-bond donors (Lipinski definition) is 2. The second-order valence-corrected chi connectivity index (χ2v) is 4.41. The Labute approximate surface area is 95.2 Å². The predicted molar refractivity (Wildman–Crippen MR) is 59.4 cm³/mol. The van der Waals surface area contributed by atoms with Gasteiger partial charge in [0.05, 0.1) is 22.6 Å². The van der Waals surface area contributed by atoms with Crippen LogP contribution in [0.5, 0.6) is 0 Å². The number of nitro benzene ring substituents is 1. The Hall–Kier alpha value is -0.980. The summed E-state index contributed by atoms with van der Waals surface area (Å²) in [5, 5.41) is 19.8. The van der Waals surface area contributed by atoms with Crippen LogP contribution in [0.1, 0.15) is 12.5 Å². The first-order valence-electron chi connectivity index (χ1n) is 4.22. The van der Waals surface area contributed by atoms with Gasteiger partial charge in [0.15, 0.2) is 0 Å². The third-order valence-electron chi connectivity index (χ3n) is 2.10. The van der Waals surface area contributed by atoms with Crippen molar-refractivity contribution < 1.29 is 10.0 Å². The smallest absolute Gasteiger partial charge is 0.274 e. The monoisotopic (exact) mass is 274 g/mol. The van der Waals surface area contributed by atoms with E-state index in [1.165, 1.54) is 6.07 Å². The Morgan fingerprint density at radius 3 is 2.73 bits per heavy atom. The van der Waals surface area contributed by atoms with Gasteiger partial charge < -0.3 is 10.8 Å². The van der Waals surface area contributed by atoms with E-state index >= 15 is 0 Å². The average molecular weight is 275 g/mol. The molecule has 15 heavy (non-hydrogen) atoms. The van der Waals surface area contributed by atoms with Crippen LogP contribution in [0.4, 0.5) is 5.69 Å². The van der Waals surface area contributed by atoms with Crippen molar-refractivity contribution in [2.45, 2.75) is 12.5 Å². The molecule has 1 aromatic carbocycles. The molecule has 0 aliphatic rings. The Bertz CT molecular complexity index is 393. The average Bonchev–Trinajstić information content (AvgIpc) is 2.17. The minimum Gasteiger partial charge on any atom is -0.394 e. The molecular formula is C9H11BrN2O3. The van der Waals surface area contributed by atoms with Gasteiger partial charge in [-0.15, -0.1) is 0 Å². The quantitative estimate of drug-likeness (QED) is 0.646. The molecule has 0 bridgehead atoms. The van der Waals surface area contributed by atoms with Gasteiger partial charge >= 0.3 is 0 Å². The molecular weight excluding hydrogens is 264 g/mol. The minimum absolute atomic E-state index is 0.0859. The van der Waals surface area contributed by atoms with E-state index in [9.17, 15) is 10.1 Å². The van der Waals surface area contributed by atoms with E-state index in [-0.39, 0.29) is 12.3 Å². The molecule has 0 aliphatic heterocycles. The van der Waals surface area contributed by atoms with Crippen LogP contribution in [-0.2, 0) is 5.54 Å². The third-order valence-corrected chi connectivity index (χ3v) is 2.59. The first-order valence-corrected chi connectivity index (χ1v) is 5.02. The number of halogens is 1. The number of hydrogen-bond acceptors (Lipinski definition) is 4. The highest BCUT2D eigenvalue weighted by Crippen LogP contribution is 2.30. The molecule has 0 radical (unpaired) electrons. The topological polar surface area (TPSA) is 89.4 Å². The summed E-state index contributed by atoms with van der Waals surface area (Å²) in [4.78, 5) is 10.2. The lowest BCUT2D eigenvalue weighted by atomic mass is 9.93. The van der Waals surface area contributed by atoms with Crippen molar-refractivity contribution in [2.75, 3.05) is 6.61 Å². The van der Waals surface area contributed by atoms with Crippen LogP contribution < -0.4 is 5.73 Å². The molecule has 1 atom stereocenters. The highest BCUT2D eigenvalue weighted by molar-refractivity contribution is 9.10. The van der Waals surface area contributed by atoms with Gasteiger partial charge in [-0.2, -0.15) is 0 Å². The number of aliphatic hydroxyl groups is 1. The van der Waals surface area contributed by atoms with E-state index < -0.39 is 10.5 Å². The zero-order valence-electron chi connectivity index (χ0n) is 8.11. The number of nitrogens with two attached hydrogens (primary N) is 1. The van der Waals surface area contributed by atoms with Crippen molar-refractivity contribution in [3.05, 3.63) is 38.3 Å². The highest BCUT2D eigenvalue weighted by Gasteiger charge is 2.28. The molecule has 6 heteroatoms. The molecule has 0 amide bonds. The Balaban J connectivity index is 3.37. The van der Waals surface area contributed by atoms with Crippen molar-refractivity contribution >= 4 is 21.6 Å². The first-order chi connectivity index (χ1) is 6.88. The van der Waals surface area contributed by atoms with Crippen LogP contribution >= 0.6 is 15.9 Å². The fourth-order valence-electron chi connectivity index (χ4n) is 1.21. The number of benzene rings is 1. The van der Waals surface area contributed by atoms with Crippen LogP contribution in [0, 0.1) is 10.1 Å². The maximum atomic E-state index is 10.7. The van der Waals surface area contributed by atoms with E-state index in [0.29, 0.717) is 10.0 Å². The molecule has 0 heterocycles. The fraction of sp³-hybridized carbons (Fsp3) is 0.333. The zero-order valence-corrected chi connectivity index (χ0v) is 9.69. The lowest BCUT2D eigenvalue weighted by Crippen LogP contribution is -2.37. The number of rotatable bonds is 3. The van der Waals surface area contributed by atoms with Gasteiger partial charge in [-0.05, 0) is 19.1 Å². The van der Waals surface area contributed by atoms with Gasteiger partial charge in [0, 0.05) is 10.5 Å². The Kier molecular flexibility index (Phi) is 3.43. The molecule has 5 nitrogen and oxygen atoms in total. The second kappa shape index (κ2) is 4.26. The van der Waals surface area contributed by atoms with Crippen molar-refractivity contribution in [3.63, 3.8) is 0 Å². The fourth-order valence-corrected chi connectivity index (χ4v) is 1.57. The summed E-state index contributed by atoms with van der Waals surface area (Å²) in [6.45, 7) is 1.19. The van der Waals surface area contributed by atoms with Gasteiger partial charge in [-0.25, -0.2) is 0 Å². The molecule has 0 unspecified atom stereocenters. The third kappa shape index (κ3) is 2.53. The van der Waals surface area contributed by atoms with Gasteiger partial charge in [-0.3, -0.25) is 10.1 Å². The number of aliphatic hydroxyl groups excluding tert-OH is 1. The lowest BCUT2D eigenvalue weighted by Gasteiger charge is -2.22. The molecule has 0 spiro atoms. The summed E-state index contributed by atoms with van der Waals surface area (Å²) in [6.07, 6.45) is 0. The lowest BCUT2D eigenvalue weighted by molar-refractivity contribution is -0.386. The molecule has 0 saturated heterocycles. The molecule has 1 rings (SSSR count). The van der Waals surface area contributed by atoms with Gasteiger partial charge in [0.1, 0.15) is 0 Å². The summed E-state index contributed by atoms with van der Waals surface area (Å²) in [5.74, 6) is 0. The van der Waals surface area contributed by atoms with E-state index in [2.05, 4.69) is 15.9 Å². The van der Waals surface area contributed by atoms with E-state index in [0.717, 1.165) is 0 Å². The molecule has 0 aliphatic carbocycles. The maximum Gasteiger partial charge on any atom is 0.274 e. The molecule has 3 N–H and O–H groups in total. The second-order valence-electron chi connectivity index (χ2n) is 3.49. The highest BCUT2D eigenvalue weighted by atomic mass is 79.9. The van der Waals surface area contributed by atoms with Crippen LogP contribution in [0.25, 0.3) is 0 Å². The van der Waals surface area contributed by atoms with Gasteiger partial charge in [0.25, 0.3) is 5.69 Å². The summed E-state index contributed by atoms with van der Waals surface area (Å²) in [7, 11) is 0. The van der Waals surface area contributed by atoms with Crippen LogP contribution in [0.15, 0.2) is 22.7 Å². The largest absolute Gasteiger partial charge is 0.394 e. The van der Waals surface area contributed by atoms with Crippen molar-refractivity contribution in [1.82, 2.24) is 0 Å². The van der Waals surface area contributed by atoms with E-state index in [1.807, 2.05) is 0 Å². The van der Waals surface area contributed by atoms with E-state index in [1.54, 1.807) is 19.1 Å². The van der Waals surface area contributed by atoms with Gasteiger partial charge in [0.2, 0.25) is 0 Å².